The topological polar surface area (TPSA) is 43.1 Å². The number of nitro groups is 1. The minimum atomic E-state index is -0.262. The molecule has 0 aromatic heterocycles. The highest BCUT2D eigenvalue weighted by molar-refractivity contribution is 5.39. The first-order valence-electron chi connectivity index (χ1n) is 12.0. The molecule has 174 valence electrons. The number of quaternary nitrogens is 1. The lowest BCUT2D eigenvalue weighted by Gasteiger charge is -2.29. The van der Waals surface area contributed by atoms with Crippen LogP contribution in [-0.4, -0.2) is 30.0 Å². The number of hydrogen-bond acceptors (Lipinski definition) is 2. The smallest absolute Gasteiger partial charge is 0.278 e. The lowest BCUT2D eigenvalue weighted by Crippen LogP contribution is -3.00. The van der Waals surface area contributed by atoms with Crippen LogP contribution >= 0.6 is 0 Å². The number of nitrogens with zero attached hydrogens (tertiary/aromatic N) is 2. The van der Waals surface area contributed by atoms with Crippen LogP contribution in [0.5, 0.6) is 0 Å². The van der Waals surface area contributed by atoms with E-state index in [2.05, 4.69) is 21.0 Å². The molecule has 1 aromatic rings. The molecule has 0 N–H and O–H groups in total. The van der Waals surface area contributed by atoms with E-state index in [9.17, 15) is 10.1 Å². The van der Waals surface area contributed by atoms with Crippen molar-refractivity contribution in [3.8, 4) is 0 Å². The Kier molecular flexibility index (Phi) is 16.9. The molecule has 0 spiro atoms. The van der Waals surface area contributed by atoms with Crippen LogP contribution < -0.4 is 12.4 Å². The van der Waals surface area contributed by atoms with Crippen molar-refractivity contribution in [2.24, 2.45) is 0 Å². The number of para-hydroxylation sites is 1. The zero-order valence-electron chi connectivity index (χ0n) is 19.7. The third-order valence-corrected chi connectivity index (χ3v) is 5.90. The summed E-state index contributed by atoms with van der Waals surface area (Å²) in [6.07, 6.45) is 19.2. The van der Waals surface area contributed by atoms with E-state index in [1.807, 2.05) is 12.1 Å². The van der Waals surface area contributed by atoms with Gasteiger partial charge < -0.3 is 16.9 Å². The number of nitro benzene ring substituents is 1. The Bertz CT molecular complexity index is 564. The number of benzene rings is 1. The van der Waals surface area contributed by atoms with Gasteiger partial charge in [-0.05, 0) is 18.9 Å². The molecule has 30 heavy (non-hydrogen) atoms. The van der Waals surface area contributed by atoms with E-state index in [4.69, 9.17) is 0 Å². The summed E-state index contributed by atoms with van der Waals surface area (Å²) in [5.74, 6) is 0. The maximum absolute atomic E-state index is 11.2. The summed E-state index contributed by atoms with van der Waals surface area (Å²) in [6.45, 7) is 4.07. The van der Waals surface area contributed by atoms with Gasteiger partial charge >= 0.3 is 0 Å². The number of hydrogen-bond donors (Lipinski definition) is 0. The third kappa shape index (κ3) is 14.0. The summed E-state index contributed by atoms with van der Waals surface area (Å²) in [4.78, 5) is 10.9. The maximum Gasteiger partial charge on any atom is 0.278 e. The van der Waals surface area contributed by atoms with Crippen molar-refractivity contribution in [2.75, 3.05) is 20.6 Å². The van der Waals surface area contributed by atoms with Crippen molar-refractivity contribution in [3.05, 3.63) is 39.9 Å². The van der Waals surface area contributed by atoms with Gasteiger partial charge in [0.2, 0.25) is 0 Å². The minimum Gasteiger partial charge on any atom is -1.00 e. The predicted octanol–water partition coefficient (Wildman–Crippen LogP) is 4.66. The third-order valence-electron chi connectivity index (χ3n) is 5.90. The Morgan fingerprint density at radius 2 is 1.20 bits per heavy atom. The average Bonchev–Trinajstić information content (AvgIpc) is 2.68. The van der Waals surface area contributed by atoms with Gasteiger partial charge in [-0.1, -0.05) is 96.1 Å². The lowest BCUT2D eigenvalue weighted by molar-refractivity contribution is -0.904. The van der Waals surface area contributed by atoms with Crippen LogP contribution in [0.1, 0.15) is 102 Å². The molecule has 0 saturated carbocycles. The van der Waals surface area contributed by atoms with Crippen molar-refractivity contribution >= 4 is 5.69 Å². The fourth-order valence-electron chi connectivity index (χ4n) is 4.10. The van der Waals surface area contributed by atoms with Gasteiger partial charge in [0.1, 0.15) is 6.54 Å². The van der Waals surface area contributed by atoms with E-state index in [-0.39, 0.29) is 23.0 Å². The normalized spacial score (nSPS) is 11.3. The van der Waals surface area contributed by atoms with E-state index < -0.39 is 0 Å². The van der Waals surface area contributed by atoms with Crippen LogP contribution in [0, 0.1) is 10.1 Å². The van der Waals surface area contributed by atoms with Gasteiger partial charge in [0.05, 0.1) is 31.1 Å². The molecule has 0 fully saturated rings. The van der Waals surface area contributed by atoms with Crippen LogP contribution in [0.4, 0.5) is 5.69 Å². The fraction of sp³-hybridized carbons (Fsp3) is 0.760. The molecule has 0 atom stereocenters. The fourth-order valence-corrected chi connectivity index (χ4v) is 4.10. The van der Waals surface area contributed by atoms with Crippen molar-refractivity contribution in [3.63, 3.8) is 0 Å². The zero-order valence-corrected chi connectivity index (χ0v) is 20.5. The summed E-state index contributed by atoms with van der Waals surface area (Å²) >= 11 is 0. The number of rotatable bonds is 18. The van der Waals surface area contributed by atoms with E-state index in [1.54, 1.807) is 12.1 Å². The maximum atomic E-state index is 11.2. The van der Waals surface area contributed by atoms with Crippen molar-refractivity contribution in [1.29, 1.82) is 0 Å². The standard InChI is InChI=1S/C25H45N2O2.ClH/c1-4-5-6-7-8-9-10-11-12-13-14-15-16-19-22-27(2,3)23-24-20-17-18-21-25(24)26(28)29;/h17-18,20-21H,4-16,19,22-23H2,1-3H3;1H/q+1;/p-1. The molecule has 0 radical (unpaired) electrons. The Morgan fingerprint density at radius 3 is 1.67 bits per heavy atom. The molecule has 0 heterocycles. The molecule has 0 aliphatic rings. The highest BCUT2D eigenvalue weighted by Crippen LogP contribution is 2.22. The Labute approximate surface area is 191 Å². The van der Waals surface area contributed by atoms with Crippen LogP contribution in [-0.2, 0) is 6.54 Å². The molecule has 0 unspecified atom stereocenters. The Balaban J connectivity index is 0.00000841. The summed E-state index contributed by atoms with van der Waals surface area (Å²) in [7, 11) is 4.36. The largest absolute Gasteiger partial charge is 1.00 e. The molecule has 0 aliphatic carbocycles. The quantitative estimate of drug-likeness (QED) is 0.144. The van der Waals surface area contributed by atoms with E-state index in [0.29, 0.717) is 0 Å². The second-order valence-corrected chi connectivity index (χ2v) is 9.30. The number of unbranched alkanes of at least 4 members (excludes halogenated alkanes) is 13. The first kappa shape index (κ1) is 28.9. The van der Waals surface area contributed by atoms with Crippen LogP contribution in [0.15, 0.2) is 24.3 Å². The Hall–Kier alpha value is -1.13. The monoisotopic (exact) mass is 440 g/mol. The van der Waals surface area contributed by atoms with E-state index in [0.717, 1.165) is 23.1 Å². The molecule has 0 saturated heterocycles. The van der Waals surface area contributed by atoms with Gasteiger partial charge in [-0.25, -0.2) is 0 Å². The molecule has 0 bridgehead atoms. The van der Waals surface area contributed by atoms with Crippen LogP contribution in [0.25, 0.3) is 0 Å². The van der Waals surface area contributed by atoms with Gasteiger partial charge in [0, 0.05) is 6.07 Å². The van der Waals surface area contributed by atoms with Crippen LogP contribution in [0.2, 0.25) is 0 Å². The summed E-state index contributed by atoms with van der Waals surface area (Å²) in [6, 6.07) is 7.15. The average molecular weight is 441 g/mol. The molecule has 0 amide bonds. The molecule has 5 heteroatoms. The SMILES string of the molecule is CCCCCCCCCCCCCCCC[N+](C)(C)Cc1ccccc1[N+](=O)[O-].[Cl-]. The number of halogens is 1. The van der Waals surface area contributed by atoms with Gasteiger partial charge in [0.25, 0.3) is 5.69 Å². The second-order valence-electron chi connectivity index (χ2n) is 9.30. The molecular formula is C25H45ClN2O2. The van der Waals surface area contributed by atoms with Gasteiger partial charge in [0.15, 0.2) is 0 Å². The first-order valence-corrected chi connectivity index (χ1v) is 12.0. The van der Waals surface area contributed by atoms with E-state index >= 15 is 0 Å². The highest BCUT2D eigenvalue weighted by Gasteiger charge is 2.21. The van der Waals surface area contributed by atoms with Gasteiger partial charge in [-0.3, -0.25) is 10.1 Å². The van der Waals surface area contributed by atoms with Crippen LogP contribution in [0.3, 0.4) is 0 Å². The Morgan fingerprint density at radius 1 is 0.767 bits per heavy atom. The molecular weight excluding hydrogens is 396 g/mol. The molecule has 1 rings (SSSR count). The van der Waals surface area contributed by atoms with Crippen molar-refractivity contribution in [2.45, 2.75) is 103 Å². The van der Waals surface area contributed by atoms with Crippen molar-refractivity contribution in [1.82, 2.24) is 0 Å². The first-order chi connectivity index (χ1) is 14.0. The van der Waals surface area contributed by atoms with E-state index in [1.165, 1.54) is 89.9 Å². The van der Waals surface area contributed by atoms with Gasteiger partial charge in [-0.15, -0.1) is 0 Å². The summed E-state index contributed by atoms with van der Waals surface area (Å²) in [5.41, 5.74) is 1.09. The summed E-state index contributed by atoms with van der Waals surface area (Å²) < 4.78 is 0.809. The molecule has 0 aliphatic heterocycles. The lowest BCUT2D eigenvalue weighted by atomic mass is 10.0. The zero-order chi connectivity index (χ0) is 21.4. The predicted molar refractivity (Wildman–Crippen MR) is 124 cm³/mol. The second kappa shape index (κ2) is 17.5. The van der Waals surface area contributed by atoms with Gasteiger partial charge in [-0.2, -0.15) is 0 Å². The highest BCUT2D eigenvalue weighted by atomic mass is 35.5. The molecule has 1 aromatic carbocycles. The summed E-state index contributed by atoms with van der Waals surface area (Å²) in [5, 5.41) is 11.2. The molecule has 4 nitrogen and oxygen atoms in total. The minimum absolute atomic E-state index is 0. The van der Waals surface area contributed by atoms with Crippen molar-refractivity contribution < 1.29 is 21.8 Å².